The topological polar surface area (TPSA) is 89.6 Å². The zero-order chi connectivity index (χ0) is 19.7. The predicted molar refractivity (Wildman–Crippen MR) is 110 cm³/mol. The first-order chi connectivity index (χ1) is 14.0. The average Bonchev–Trinajstić information content (AvgIpc) is 3.26. The van der Waals surface area contributed by atoms with Gasteiger partial charge in [-0.3, -0.25) is 0 Å². The van der Waals surface area contributed by atoms with Crippen LogP contribution >= 0.6 is 0 Å². The van der Waals surface area contributed by atoms with Gasteiger partial charge in [0.25, 0.3) is 0 Å². The molecule has 6 heterocycles. The average molecular weight is 394 g/mol. The third kappa shape index (κ3) is 2.73. The highest BCUT2D eigenvalue weighted by molar-refractivity contribution is 5.69. The molecule has 29 heavy (non-hydrogen) atoms. The Labute approximate surface area is 170 Å². The second kappa shape index (κ2) is 6.19. The molecule has 2 aromatic rings. The molecule has 4 aliphatic heterocycles. The van der Waals surface area contributed by atoms with Crippen LogP contribution in [0.2, 0.25) is 0 Å². The van der Waals surface area contributed by atoms with Gasteiger partial charge < -0.3 is 25.0 Å². The predicted octanol–water partition coefficient (Wildman–Crippen LogP) is 2.09. The van der Waals surface area contributed by atoms with Gasteiger partial charge in [-0.1, -0.05) is 0 Å². The van der Waals surface area contributed by atoms with E-state index in [2.05, 4.69) is 20.9 Å². The van der Waals surface area contributed by atoms with Crippen molar-refractivity contribution in [1.29, 1.82) is 0 Å². The number of aromatic nitrogens is 3. The van der Waals surface area contributed by atoms with Crippen molar-refractivity contribution in [3.05, 3.63) is 18.3 Å². The van der Waals surface area contributed by atoms with Crippen LogP contribution in [0.5, 0.6) is 5.75 Å². The van der Waals surface area contributed by atoms with E-state index in [1.165, 1.54) is 12.8 Å². The second-order valence-electron chi connectivity index (χ2n) is 8.92. The Balaban J connectivity index is 1.40. The monoisotopic (exact) mass is 394 g/mol. The Bertz CT molecular complexity index is 960. The summed E-state index contributed by atoms with van der Waals surface area (Å²) in [5, 5.41) is 0. The molecule has 0 amide bonds. The highest BCUT2D eigenvalue weighted by atomic mass is 16.5. The first-order valence-electron chi connectivity index (χ1n) is 10.5. The van der Waals surface area contributed by atoms with Gasteiger partial charge in [0, 0.05) is 37.0 Å². The summed E-state index contributed by atoms with van der Waals surface area (Å²) in [6.07, 6.45) is 4.69. The molecule has 8 heteroatoms. The lowest BCUT2D eigenvalue weighted by molar-refractivity contribution is -0.113. The Hall–Kier alpha value is -2.61. The van der Waals surface area contributed by atoms with Crippen LogP contribution in [0, 0.1) is 5.92 Å². The first-order valence-corrected chi connectivity index (χ1v) is 10.5. The smallest absolute Gasteiger partial charge is 0.228 e. The number of pyridine rings is 1. The molecule has 7 rings (SSSR count). The summed E-state index contributed by atoms with van der Waals surface area (Å²) in [5.74, 6) is 3.60. The Morgan fingerprint density at radius 1 is 1.17 bits per heavy atom. The van der Waals surface area contributed by atoms with Crippen LogP contribution in [0.15, 0.2) is 18.3 Å². The van der Waals surface area contributed by atoms with Crippen molar-refractivity contribution in [2.45, 2.75) is 51.0 Å². The molecule has 2 aromatic heterocycles. The molecule has 0 radical (unpaired) electrons. The molecule has 2 bridgehead atoms. The molecule has 2 atom stereocenters. The standard InChI is InChI=1S/C21H26N6O2/c1-11(2)29-17-5-13(7-23-20(17)22)15-6-19(27-9-18-16(27)10-28-18)25-21(24-15)26-8-12-3-14(26)4-12/h5-7,11-12,14,16,18H,3-4,8-10H2,1-2H3,(H2,22,23)/t12?,14?,16-,18?/m1/s1. The first kappa shape index (κ1) is 17.3. The molecule has 152 valence electrons. The molecular weight excluding hydrogens is 368 g/mol. The third-order valence-electron chi connectivity index (χ3n) is 6.59. The highest BCUT2D eigenvalue weighted by Gasteiger charge is 2.49. The number of nitrogens with two attached hydrogens (primary N) is 1. The summed E-state index contributed by atoms with van der Waals surface area (Å²) in [6, 6.07) is 5.03. The lowest BCUT2D eigenvalue weighted by atomic mass is 9.86. The number of fused-ring (bicyclic) bond motifs is 2. The number of anilines is 3. The van der Waals surface area contributed by atoms with Crippen molar-refractivity contribution >= 4 is 17.6 Å². The minimum absolute atomic E-state index is 0.0268. The number of ether oxygens (including phenoxy) is 2. The third-order valence-corrected chi connectivity index (χ3v) is 6.59. The minimum atomic E-state index is 0.0268. The van der Waals surface area contributed by atoms with E-state index in [0.29, 0.717) is 29.8 Å². The SMILES string of the molecule is CC(C)Oc1cc(-c2cc(N3CC4OC[C@H]43)nc(N3CC4CC3C4)n2)cnc1N. The maximum Gasteiger partial charge on any atom is 0.228 e. The van der Waals surface area contributed by atoms with Gasteiger partial charge in [0.05, 0.1) is 30.6 Å². The van der Waals surface area contributed by atoms with Gasteiger partial charge in [-0.05, 0) is 38.7 Å². The largest absolute Gasteiger partial charge is 0.487 e. The normalized spacial score (nSPS) is 29.2. The molecule has 4 saturated heterocycles. The summed E-state index contributed by atoms with van der Waals surface area (Å²) in [4.78, 5) is 19.0. The zero-order valence-corrected chi connectivity index (χ0v) is 16.8. The van der Waals surface area contributed by atoms with Crippen molar-refractivity contribution in [2.75, 3.05) is 35.2 Å². The van der Waals surface area contributed by atoms with Gasteiger partial charge in [-0.15, -0.1) is 0 Å². The van der Waals surface area contributed by atoms with Crippen LogP contribution in [0.25, 0.3) is 11.3 Å². The van der Waals surface area contributed by atoms with E-state index in [1.807, 2.05) is 19.9 Å². The highest BCUT2D eigenvalue weighted by Crippen LogP contribution is 2.43. The van der Waals surface area contributed by atoms with E-state index >= 15 is 0 Å². The Kier molecular flexibility index (Phi) is 3.69. The molecule has 1 aliphatic carbocycles. The van der Waals surface area contributed by atoms with Gasteiger partial charge in [0.2, 0.25) is 5.95 Å². The minimum Gasteiger partial charge on any atom is -0.487 e. The van der Waals surface area contributed by atoms with Gasteiger partial charge in [-0.25, -0.2) is 9.97 Å². The molecular formula is C21H26N6O2. The number of hydrogen-bond acceptors (Lipinski definition) is 8. The second-order valence-corrected chi connectivity index (χ2v) is 8.92. The van der Waals surface area contributed by atoms with E-state index in [4.69, 9.17) is 25.2 Å². The summed E-state index contributed by atoms with van der Waals surface area (Å²) >= 11 is 0. The molecule has 2 N–H and O–H groups in total. The van der Waals surface area contributed by atoms with Crippen molar-refractivity contribution < 1.29 is 9.47 Å². The van der Waals surface area contributed by atoms with Crippen LogP contribution in [0.3, 0.4) is 0 Å². The lowest BCUT2D eigenvalue weighted by Crippen LogP contribution is -2.71. The molecule has 5 aliphatic rings. The van der Waals surface area contributed by atoms with E-state index < -0.39 is 0 Å². The van der Waals surface area contributed by atoms with E-state index in [9.17, 15) is 0 Å². The van der Waals surface area contributed by atoms with Crippen molar-refractivity contribution in [1.82, 2.24) is 15.0 Å². The van der Waals surface area contributed by atoms with Crippen LogP contribution in [-0.4, -0.2) is 58.9 Å². The molecule has 8 nitrogen and oxygen atoms in total. The summed E-state index contributed by atoms with van der Waals surface area (Å²) < 4.78 is 11.4. The lowest BCUT2D eigenvalue weighted by Gasteiger charge is -2.55. The van der Waals surface area contributed by atoms with Gasteiger partial charge in [0.1, 0.15) is 5.82 Å². The summed E-state index contributed by atoms with van der Waals surface area (Å²) in [5.41, 5.74) is 7.78. The van der Waals surface area contributed by atoms with Crippen LogP contribution in [0.1, 0.15) is 26.7 Å². The fraction of sp³-hybridized carbons (Fsp3) is 0.571. The Morgan fingerprint density at radius 2 is 2.03 bits per heavy atom. The maximum atomic E-state index is 6.02. The number of hydrogen-bond donors (Lipinski definition) is 1. The Morgan fingerprint density at radius 3 is 2.66 bits per heavy atom. The zero-order valence-electron chi connectivity index (χ0n) is 16.8. The maximum absolute atomic E-state index is 6.02. The number of nitrogens with zero attached hydrogens (tertiary/aromatic N) is 5. The van der Waals surface area contributed by atoms with E-state index in [0.717, 1.165) is 48.6 Å². The van der Waals surface area contributed by atoms with Crippen molar-refractivity contribution in [3.63, 3.8) is 0 Å². The molecule has 1 saturated carbocycles. The fourth-order valence-corrected chi connectivity index (χ4v) is 4.80. The van der Waals surface area contributed by atoms with Crippen LogP contribution in [-0.2, 0) is 4.74 Å². The van der Waals surface area contributed by atoms with Gasteiger partial charge in [-0.2, -0.15) is 4.98 Å². The fourth-order valence-electron chi connectivity index (χ4n) is 4.80. The molecule has 0 spiro atoms. The summed E-state index contributed by atoms with van der Waals surface area (Å²) in [7, 11) is 0. The van der Waals surface area contributed by atoms with E-state index in [-0.39, 0.29) is 6.10 Å². The van der Waals surface area contributed by atoms with E-state index in [1.54, 1.807) is 6.20 Å². The molecule has 0 aromatic carbocycles. The number of morpholine rings is 1. The van der Waals surface area contributed by atoms with Crippen LogP contribution < -0.4 is 20.3 Å². The number of rotatable bonds is 5. The van der Waals surface area contributed by atoms with Crippen molar-refractivity contribution in [2.24, 2.45) is 5.92 Å². The number of nitrogen functional groups attached to an aromatic ring is 1. The molecule has 5 fully saturated rings. The van der Waals surface area contributed by atoms with Gasteiger partial charge >= 0.3 is 0 Å². The van der Waals surface area contributed by atoms with Crippen LogP contribution in [0.4, 0.5) is 17.6 Å². The van der Waals surface area contributed by atoms with Crippen molar-refractivity contribution in [3.8, 4) is 17.0 Å². The molecule has 1 unspecified atom stereocenters. The summed E-state index contributed by atoms with van der Waals surface area (Å²) in [6.45, 7) is 6.70. The quantitative estimate of drug-likeness (QED) is 0.825. The van der Waals surface area contributed by atoms with Gasteiger partial charge in [0.15, 0.2) is 11.6 Å².